The van der Waals surface area contributed by atoms with Crippen LogP contribution in [0.2, 0.25) is 0 Å². The number of piperidine rings is 1. The van der Waals surface area contributed by atoms with Crippen LogP contribution in [-0.2, 0) is 21.2 Å². The molecule has 4 rings (SSSR count). The summed E-state index contributed by atoms with van der Waals surface area (Å²) in [6.45, 7) is 1.43. The van der Waals surface area contributed by atoms with E-state index in [1.54, 1.807) is 30.3 Å². The quantitative estimate of drug-likeness (QED) is 0.817. The Balaban J connectivity index is 1.55. The Bertz CT molecular complexity index is 927. The van der Waals surface area contributed by atoms with E-state index >= 15 is 0 Å². The van der Waals surface area contributed by atoms with Crippen molar-refractivity contribution in [2.75, 3.05) is 24.5 Å². The Morgan fingerprint density at radius 2 is 1.67 bits per heavy atom. The van der Waals surface area contributed by atoms with Crippen LogP contribution in [0.5, 0.6) is 0 Å². The van der Waals surface area contributed by atoms with Crippen molar-refractivity contribution in [2.45, 2.75) is 30.6 Å². The predicted molar refractivity (Wildman–Crippen MR) is 105 cm³/mol. The zero-order chi connectivity index (χ0) is 18.9. The lowest BCUT2D eigenvalue weighted by Crippen LogP contribution is -2.48. The van der Waals surface area contributed by atoms with Gasteiger partial charge in [-0.1, -0.05) is 36.4 Å². The minimum absolute atomic E-state index is 0.0510. The first-order chi connectivity index (χ1) is 13.1. The van der Waals surface area contributed by atoms with Gasteiger partial charge in [-0.3, -0.25) is 4.79 Å². The SMILES string of the molecule is O=C([C@H]1CCCN(S(=O)(=O)c2ccccc2)C1)N1CCCc2ccccc21. The number of carbonyl (C=O) groups excluding carboxylic acids is 1. The molecule has 0 N–H and O–H groups in total. The second-order valence-electron chi connectivity index (χ2n) is 7.24. The minimum atomic E-state index is -3.56. The van der Waals surface area contributed by atoms with Gasteiger partial charge in [0.2, 0.25) is 15.9 Å². The number of nitrogens with zero attached hydrogens (tertiary/aromatic N) is 2. The zero-order valence-electron chi connectivity index (χ0n) is 15.3. The lowest BCUT2D eigenvalue weighted by molar-refractivity contribution is -0.123. The van der Waals surface area contributed by atoms with Gasteiger partial charge in [-0.2, -0.15) is 4.31 Å². The van der Waals surface area contributed by atoms with E-state index in [2.05, 4.69) is 6.07 Å². The molecule has 2 heterocycles. The number of fused-ring (bicyclic) bond motifs is 1. The van der Waals surface area contributed by atoms with Gasteiger partial charge in [0.15, 0.2) is 0 Å². The first-order valence-electron chi connectivity index (χ1n) is 9.52. The molecule has 0 unspecified atom stereocenters. The Kier molecular flexibility index (Phi) is 5.02. The molecular weight excluding hydrogens is 360 g/mol. The summed E-state index contributed by atoms with van der Waals surface area (Å²) in [6.07, 6.45) is 3.37. The Labute approximate surface area is 160 Å². The Morgan fingerprint density at radius 1 is 0.926 bits per heavy atom. The summed E-state index contributed by atoms with van der Waals surface area (Å²) in [5, 5.41) is 0. The molecule has 0 bridgehead atoms. The molecule has 0 aromatic heterocycles. The van der Waals surface area contributed by atoms with Crippen LogP contribution in [0, 0.1) is 5.92 Å². The van der Waals surface area contributed by atoms with Gasteiger partial charge in [0, 0.05) is 25.3 Å². The van der Waals surface area contributed by atoms with E-state index in [1.165, 1.54) is 9.87 Å². The highest BCUT2D eigenvalue weighted by Crippen LogP contribution is 2.31. The van der Waals surface area contributed by atoms with Crippen molar-refractivity contribution < 1.29 is 13.2 Å². The van der Waals surface area contributed by atoms with Gasteiger partial charge in [0.05, 0.1) is 10.8 Å². The van der Waals surface area contributed by atoms with Gasteiger partial charge in [-0.05, 0) is 49.4 Å². The maximum Gasteiger partial charge on any atom is 0.243 e. The van der Waals surface area contributed by atoms with Crippen molar-refractivity contribution in [2.24, 2.45) is 5.92 Å². The summed E-state index contributed by atoms with van der Waals surface area (Å²) in [5.41, 5.74) is 2.18. The highest BCUT2D eigenvalue weighted by atomic mass is 32.2. The average Bonchev–Trinajstić information content (AvgIpc) is 2.73. The van der Waals surface area contributed by atoms with Crippen LogP contribution in [0.15, 0.2) is 59.5 Å². The normalized spacial score (nSPS) is 20.9. The summed E-state index contributed by atoms with van der Waals surface area (Å²) in [4.78, 5) is 15.4. The molecule has 2 aromatic carbocycles. The summed E-state index contributed by atoms with van der Waals surface area (Å²) < 4.78 is 27.3. The molecule has 1 saturated heterocycles. The Morgan fingerprint density at radius 3 is 2.48 bits per heavy atom. The van der Waals surface area contributed by atoms with Gasteiger partial charge in [0.25, 0.3) is 0 Å². The molecule has 2 aliphatic rings. The number of aryl methyl sites for hydroxylation is 1. The van der Waals surface area contributed by atoms with Gasteiger partial charge >= 0.3 is 0 Å². The van der Waals surface area contributed by atoms with E-state index < -0.39 is 10.0 Å². The third kappa shape index (κ3) is 3.51. The number of hydrogen-bond acceptors (Lipinski definition) is 3. The van der Waals surface area contributed by atoms with Crippen molar-refractivity contribution in [1.82, 2.24) is 4.31 Å². The molecule has 142 valence electrons. The summed E-state index contributed by atoms with van der Waals surface area (Å²) in [5.74, 6) is -0.237. The van der Waals surface area contributed by atoms with Crippen molar-refractivity contribution >= 4 is 21.6 Å². The first kappa shape index (κ1) is 18.2. The second-order valence-corrected chi connectivity index (χ2v) is 9.18. The predicted octanol–water partition coefficient (Wildman–Crippen LogP) is 3.07. The number of benzene rings is 2. The molecule has 1 amide bonds. The lowest BCUT2D eigenvalue weighted by atomic mass is 9.95. The lowest BCUT2D eigenvalue weighted by Gasteiger charge is -2.36. The van der Waals surface area contributed by atoms with Gasteiger partial charge < -0.3 is 4.90 Å². The molecule has 1 fully saturated rings. The van der Waals surface area contributed by atoms with Gasteiger partial charge in [-0.15, -0.1) is 0 Å². The third-order valence-electron chi connectivity index (χ3n) is 5.49. The molecule has 1 atom stereocenters. The van der Waals surface area contributed by atoms with E-state index in [9.17, 15) is 13.2 Å². The number of para-hydroxylation sites is 1. The van der Waals surface area contributed by atoms with Crippen LogP contribution in [0.1, 0.15) is 24.8 Å². The number of anilines is 1. The molecule has 0 saturated carbocycles. The minimum Gasteiger partial charge on any atom is -0.312 e. The highest BCUT2D eigenvalue weighted by Gasteiger charge is 2.36. The number of sulfonamides is 1. The van der Waals surface area contributed by atoms with Gasteiger partial charge in [0.1, 0.15) is 0 Å². The second kappa shape index (κ2) is 7.44. The van der Waals surface area contributed by atoms with Crippen LogP contribution in [-0.4, -0.2) is 38.3 Å². The van der Waals surface area contributed by atoms with Crippen molar-refractivity contribution in [3.63, 3.8) is 0 Å². The van der Waals surface area contributed by atoms with Crippen molar-refractivity contribution in [1.29, 1.82) is 0 Å². The monoisotopic (exact) mass is 384 g/mol. The third-order valence-corrected chi connectivity index (χ3v) is 7.37. The molecule has 0 aliphatic carbocycles. The number of hydrogen-bond donors (Lipinski definition) is 0. The summed E-state index contributed by atoms with van der Waals surface area (Å²) in [6, 6.07) is 16.5. The molecule has 5 nitrogen and oxygen atoms in total. The maximum absolute atomic E-state index is 13.2. The van der Waals surface area contributed by atoms with E-state index in [0.29, 0.717) is 24.4 Å². The Hall–Kier alpha value is -2.18. The molecule has 0 radical (unpaired) electrons. The maximum atomic E-state index is 13.2. The van der Waals surface area contributed by atoms with E-state index in [4.69, 9.17) is 0 Å². The number of carbonyl (C=O) groups is 1. The average molecular weight is 385 g/mol. The standard InChI is InChI=1S/C21H24N2O3S/c24-21(23-15-7-9-17-8-4-5-13-20(17)23)18-10-6-14-22(16-18)27(25,26)19-11-2-1-3-12-19/h1-5,8,11-13,18H,6-7,9-10,14-16H2/t18-/m0/s1. The van der Waals surface area contributed by atoms with Crippen LogP contribution in [0.3, 0.4) is 0 Å². The van der Waals surface area contributed by atoms with Crippen LogP contribution >= 0.6 is 0 Å². The summed E-state index contributed by atoms with van der Waals surface area (Å²) in [7, 11) is -3.56. The molecule has 0 spiro atoms. The summed E-state index contributed by atoms with van der Waals surface area (Å²) >= 11 is 0. The smallest absolute Gasteiger partial charge is 0.243 e. The fraction of sp³-hybridized carbons (Fsp3) is 0.381. The van der Waals surface area contributed by atoms with Crippen LogP contribution < -0.4 is 4.90 Å². The fourth-order valence-corrected chi connectivity index (χ4v) is 5.63. The molecule has 6 heteroatoms. The largest absolute Gasteiger partial charge is 0.312 e. The van der Waals surface area contributed by atoms with E-state index in [-0.39, 0.29) is 18.4 Å². The number of rotatable bonds is 3. The topological polar surface area (TPSA) is 57.7 Å². The molecule has 27 heavy (non-hydrogen) atoms. The van der Waals surface area contributed by atoms with E-state index in [0.717, 1.165) is 24.9 Å². The molecule has 2 aromatic rings. The van der Waals surface area contributed by atoms with Crippen LogP contribution in [0.4, 0.5) is 5.69 Å². The molecule has 2 aliphatic heterocycles. The highest BCUT2D eigenvalue weighted by molar-refractivity contribution is 7.89. The fourth-order valence-electron chi connectivity index (χ4n) is 4.09. The van der Waals surface area contributed by atoms with Crippen molar-refractivity contribution in [3.8, 4) is 0 Å². The zero-order valence-corrected chi connectivity index (χ0v) is 16.1. The van der Waals surface area contributed by atoms with Gasteiger partial charge in [-0.25, -0.2) is 8.42 Å². The molecular formula is C21H24N2O3S. The first-order valence-corrected chi connectivity index (χ1v) is 11.0. The van der Waals surface area contributed by atoms with Crippen LogP contribution in [0.25, 0.3) is 0 Å². The van der Waals surface area contributed by atoms with E-state index in [1.807, 2.05) is 23.1 Å². The van der Waals surface area contributed by atoms with Crippen molar-refractivity contribution in [3.05, 3.63) is 60.2 Å². The number of amides is 1.